The van der Waals surface area contributed by atoms with E-state index in [4.69, 9.17) is 0 Å². The summed E-state index contributed by atoms with van der Waals surface area (Å²) in [6, 6.07) is 4.23. The Bertz CT molecular complexity index is 914. The van der Waals surface area contributed by atoms with Gasteiger partial charge >= 0.3 is 0 Å². The monoisotopic (exact) mass is 346 g/mol. The third-order valence-electron chi connectivity index (χ3n) is 3.89. The number of rotatable bonds is 6. The summed E-state index contributed by atoms with van der Waals surface area (Å²) >= 11 is 0. The molecular weight excluding hydrogens is 330 g/mol. The van der Waals surface area contributed by atoms with Crippen molar-refractivity contribution < 1.29 is 13.6 Å². The quantitative estimate of drug-likeness (QED) is 0.639. The van der Waals surface area contributed by atoms with Gasteiger partial charge in [0.05, 0.1) is 18.4 Å². The number of nitrogens with zero attached hydrogens (tertiary/aromatic N) is 3. The van der Waals surface area contributed by atoms with E-state index in [1.165, 1.54) is 12.8 Å². The van der Waals surface area contributed by atoms with Crippen LogP contribution in [0.25, 0.3) is 16.9 Å². The van der Waals surface area contributed by atoms with Crippen LogP contribution >= 0.6 is 0 Å². The second-order valence-electron chi connectivity index (χ2n) is 5.96. The molecule has 3 N–H and O–H groups in total. The van der Waals surface area contributed by atoms with Gasteiger partial charge < -0.3 is 20.0 Å². The molecule has 0 aromatic carbocycles. The van der Waals surface area contributed by atoms with E-state index < -0.39 is 18.9 Å². The molecule has 1 fully saturated rings. The number of aromatic nitrogens is 4. The summed E-state index contributed by atoms with van der Waals surface area (Å²) < 4.78 is 26.2. The smallest absolute Gasteiger partial charge is 0.287 e. The fourth-order valence-electron chi connectivity index (χ4n) is 2.49. The largest absolute Gasteiger partial charge is 0.366 e. The molecular formula is C16H16F2N6O. The molecule has 1 aliphatic carbocycles. The number of halogens is 2. The van der Waals surface area contributed by atoms with Gasteiger partial charge in [-0.15, -0.1) is 0 Å². The highest BCUT2D eigenvalue weighted by Crippen LogP contribution is 2.25. The molecule has 3 aromatic rings. The minimum absolute atomic E-state index is 0.00235. The van der Waals surface area contributed by atoms with E-state index in [1.807, 2.05) is 28.9 Å². The van der Waals surface area contributed by atoms with Crippen LogP contribution in [0.4, 0.5) is 14.6 Å². The minimum Gasteiger partial charge on any atom is -0.366 e. The minimum atomic E-state index is -2.60. The summed E-state index contributed by atoms with van der Waals surface area (Å²) in [7, 11) is 0. The molecule has 0 bridgehead atoms. The number of carbonyl (C=O) groups is 1. The van der Waals surface area contributed by atoms with Crippen molar-refractivity contribution in [3.63, 3.8) is 0 Å². The molecule has 0 atom stereocenters. The van der Waals surface area contributed by atoms with Gasteiger partial charge in [-0.3, -0.25) is 4.79 Å². The number of pyridine rings is 1. The van der Waals surface area contributed by atoms with Gasteiger partial charge in [0.15, 0.2) is 5.82 Å². The first kappa shape index (κ1) is 15.6. The number of imidazole rings is 2. The van der Waals surface area contributed by atoms with E-state index in [0.29, 0.717) is 11.7 Å². The van der Waals surface area contributed by atoms with Crippen molar-refractivity contribution in [1.29, 1.82) is 0 Å². The standard InChI is InChI=1S/C16H16F2N6O/c17-12(18)6-20-16(25)15-19-5-11(22-15)9-1-4-14-23-13(8-24(14)7-9)21-10-2-3-10/h1,4-5,7-8,10,12,21H,2-3,6H2,(H,19,22)(H,20,25). The number of hydrogen-bond donors (Lipinski definition) is 3. The van der Waals surface area contributed by atoms with Crippen molar-refractivity contribution in [2.24, 2.45) is 0 Å². The summed E-state index contributed by atoms with van der Waals surface area (Å²) in [5.74, 6) is 0.164. The molecule has 1 aliphatic rings. The summed E-state index contributed by atoms with van der Waals surface area (Å²) in [5, 5.41) is 5.45. The Labute approximate surface area is 141 Å². The Hall–Kier alpha value is -2.97. The lowest BCUT2D eigenvalue weighted by atomic mass is 10.2. The number of alkyl halides is 2. The molecule has 0 unspecified atom stereocenters. The van der Waals surface area contributed by atoms with Crippen molar-refractivity contribution in [2.75, 3.05) is 11.9 Å². The van der Waals surface area contributed by atoms with Gasteiger partial charge in [-0.25, -0.2) is 18.7 Å². The number of carbonyl (C=O) groups excluding carboxylic acids is 1. The number of amides is 1. The van der Waals surface area contributed by atoms with Crippen LogP contribution in [-0.4, -0.2) is 44.3 Å². The third kappa shape index (κ3) is 3.44. The van der Waals surface area contributed by atoms with Crippen molar-refractivity contribution in [2.45, 2.75) is 25.3 Å². The van der Waals surface area contributed by atoms with E-state index in [2.05, 4.69) is 25.6 Å². The molecule has 0 aliphatic heterocycles. The van der Waals surface area contributed by atoms with E-state index >= 15 is 0 Å². The second-order valence-corrected chi connectivity index (χ2v) is 5.96. The fraction of sp³-hybridized carbons (Fsp3) is 0.312. The zero-order chi connectivity index (χ0) is 17.4. The number of fused-ring (bicyclic) bond motifs is 1. The van der Waals surface area contributed by atoms with E-state index in [0.717, 1.165) is 17.0 Å². The van der Waals surface area contributed by atoms with Crippen LogP contribution in [0.5, 0.6) is 0 Å². The van der Waals surface area contributed by atoms with Gasteiger partial charge in [0.1, 0.15) is 11.5 Å². The van der Waals surface area contributed by atoms with Gasteiger partial charge in [-0.1, -0.05) is 0 Å². The molecule has 7 nitrogen and oxygen atoms in total. The SMILES string of the molecule is O=C(NCC(F)F)c1nc(-c2ccc3nc(NC4CC4)cn3c2)c[nH]1. The topological polar surface area (TPSA) is 87.1 Å². The lowest BCUT2D eigenvalue weighted by Crippen LogP contribution is -2.29. The van der Waals surface area contributed by atoms with E-state index in [1.54, 1.807) is 6.20 Å². The Balaban J connectivity index is 1.53. The van der Waals surface area contributed by atoms with Crippen LogP contribution in [-0.2, 0) is 0 Å². The van der Waals surface area contributed by atoms with Crippen molar-refractivity contribution >= 4 is 17.4 Å². The van der Waals surface area contributed by atoms with Crippen molar-refractivity contribution in [1.82, 2.24) is 24.7 Å². The first-order chi connectivity index (χ1) is 12.1. The highest BCUT2D eigenvalue weighted by atomic mass is 19.3. The normalized spacial score (nSPS) is 14.2. The first-order valence-corrected chi connectivity index (χ1v) is 7.96. The van der Waals surface area contributed by atoms with Crippen LogP contribution < -0.4 is 10.6 Å². The summed E-state index contributed by atoms with van der Waals surface area (Å²) in [5.41, 5.74) is 2.14. The summed E-state index contributed by atoms with van der Waals surface area (Å²) in [4.78, 5) is 23.1. The summed E-state index contributed by atoms with van der Waals surface area (Å²) in [6.07, 6.45) is 5.07. The highest BCUT2D eigenvalue weighted by molar-refractivity contribution is 5.91. The lowest BCUT2D eigenvalue weighted by Gasteiger charge is -2.01. The maximum absolute atomic E-state index is 12.2. The van der Waals surface area contributed by atoms with E-state index in [-0.39, 0.29) is 5.82 Å². The molecule has 0 spiro atoms. The van der Waals surface area contributed by atoms with Gasteiger partial charge in [0.2, 0.25) is 0 Å². The van der Waals surface area contributed by atoms with Crippen LogP contribution in [0.3, 0.4) is 0 Å². The van der Waals surface area contributed by atoms with Crippen molar-refractivity contribution in [3.05, 3.63) is 36.5 Å². The number of aromatic amines is 1. The molecule has 0 radical (unpaired) electrons. The zero-order valence-electron chi connectivity index (χ0n) is 13.2. The Kier molecular flexibility index (Phi) is 3.83. The molecule has 1 amide bonds. The average Bonchev–Trinajstić information content (AvgIpc) is 3.11. The van der Waals surface area contributed by atoms with Gasteiger partial charge in [0.25, 0.3) is 12.3 Å². The average molecular weight is 346 g/mol. The molecule has 3 aromatic heterocycles. The number of anilines is 1. The molecule has 3 heterocycles. The third-order valence-corrected chi connectivity index (χ3v) is 3.89. The van der Waals surface area contributed by atoms with Gasteiger partial charge in [-0.2, -0.15) is 0 Å². The fourth-order valence-corrected chi connectivity index (χ4v) is 2.49. The highest BCUT2D eigenvalue weighted by Gasteiger charge is 2.21. The zero-order valence-corrected chi connectivity index (χ0v) is 13.2. The van der Waals surface area contributed by atoms with Crippen LogP contribution in [0, 0.1) is 0 Å². The van der Waals surface area contributed by atoms with Gasteiger partial charge in [-0.05, 0) is 25.0 Å². The van der Waals surface area contributed by atoms with Crippen LogP contribution in [0.1, 0.15) is 23.5 Å². The summed E-state index contributed by atoms with van der Waals surface area (Å²) in [6.45, 7) is -0.702. The maximum Gasteiger partial charge on any atom is 0.287 e. The molecule has 9 heteroatoms. The Morgan fingerprint density at radius 1 is 1.32 bits per heavy atom. The molecule has 4 rings (SSSR count). The maximum atomic E-state index is 12.2. The van der Waals surface area contributed by atoms with Crippen molar-refractivity contribution in [3.8, 4) is 11.3 Å². The molecule has 1 saturated carbocycles. The number of H-pyrrole nitrogens is 1. The molecule has 0 saturated heterocycles. The van der Waals surface area contributed by atoms with Crippen LogP contribution in [0.2, 0.25) is 0 Å². The Morgan fingerprint density at radius 2 is 2.16 bits per heavy atom. The number of nitrogens with one attached hydrogen (secondary N) is 3. The van der Waals surface area contributed by atoms with E-state index in [9.17, 15) is 13.6 Å². The van der Waals surface area contributed by atoms with Crippen LogP contribution in [0.15, 0.2) is 30.7 Å². The first-order valence-electron chi connectivity index (χ1n) is 7.96. The predicted molar refractivity (Wildman–Crippen MR) is 87.8 cm³/mol. The number of hydrogen-bond acceptors (Lipinski definition) is 4. The lowest BCUT2D eigenvalue weighted by molar-refractivity contribution is 0.0883. The predicted octanol–water partition coefficient (Wildman–Crippen LogP) is 2.29. The molecule has 130 valence electrons. The molecule has 25 heavy (non-hydrogen) atoms. The Morgan fingerprint density at radius 3 is 2.92 bits per heavy atom. The second kappa shape index (κ2) is 6.15. The van der Waals surface area contributed by atoms with Gasteiger partial charge in [0, 0.05) is 24.0 Å².